The predicted molar refractivity (Wildman–Crippen MR) is 93.9 cm³/mol. The molecule has 3 aromatic rings. The molecule has 128 valence electrons. The molecule has 0 N–H and O–H groups in total. The third-order valence-electron chi connectivity index (χ3n) is 4.55. The van der Waals surface area contributed by atoms with Gasteiger partial charge in [0.2, 0.25) is 5.91 Å². The third kappa shape index (κ3) is 3.39. The Morgan fingerprint density at radius 1 is 1.16 bits per heavy atom. The number of pyridine rings is 1. The molecule has 1 aliphatic heterocycles. The van der Waals surface area contributed by atoms with Crippen molar-refractivity contribution in [3.8, 4) is 0 Å². The average Bonchev–Trinajstić information content (AvgIpc) is 2.90. The van der Waals surface area contributed by atoms with E-state index < -0.39 is 0 Å². The van der Waals surface area contributed by atoms with Crippen LogP contribution < -0.4 is 0 Å². The highest BCUT2D eigenvalue weighted by Gasteiger charge is 2.22. The van der Waals surface area contributed by atoms with Crippen LogP contribution in [-0.4, -0.2) is 45.3 Å². The zero-order chi connectivity index (χ0) is 17.1. The molecule has 0 radical (unpaired) electrons. The first kappa shape index (κ1) is 15.8. The van der Waals surface area contributed by atoms with Crippen LogP contribution in [0.5, 0.6) is 0 Å². The first-order chi connectivity index (χ1) is 12.3. The average molecular weight is 336 g/mol. The Labute approximate surface area is 146 Å². The molecule has 0 saturated carbocycles. The second-order valence-electron chi connectivity index (χ2n) is 6.16. The quantitative estimate of drug-likeness (QED) is 0.737. The molecular weight excluding hydrogens is 316 g/mol. The molecule has 25 heavy (non-hydrogen) atoms. The summed E-state index contributed by atoms with van der Waals surface area (Å²) in [4.78, 5) is 18.9. The van der Waals surface area contributed by atoms with Gasteiger partial charge in [-0.1, -0.05) is 30.3 Å². The van der Waals surface area contributed by atoms with Gasteiger partial charge in [0.25, 0.3) is 0 Å². The van der Waals surface area contributed by atoms with Gasteiger partial charge in [0.05, 0.1) is 18.9 Å². The minimum atomic E-state index is 0.0474. The molecule has 1 amide bonds. The zero-order valence-electron chi connectivity index (χ0n) is 13.9. The van der Waals surface area contributed by atoms with E-state index in [-0.39, 0.29) is 18.6 Å². The first-order valence-electron chi connectivity index (χ1n) is 8.52. The number of ether oxygens (including phenoxy) is 1. The van der Waals surface area contributed by atoms with Crippen molar-refractivity contribution >= 4 is 16.9 Å². The number of hydrogen-bond donors (Lipinski definition) is 0. The largest absolute Gasteiger partial charge is 0.372 e. The zero-order valence-corrected chi connectivity index (χ0v) is 13.9. The maximum absolute atomic E-state index is 12.7. The maximum Gasteiger partial charge on any atom is 0.244 e. The van der Waals surface area contributed by atoms with Crippen LogP contribution in [0.3, 0.4) is 0 Å². The van der Waals surface area contributed by atoms with E-state index in [1.807, 2.05) is 35.2 Å². The number of carbonyl (C=O) groups excluding carboxylic acids is 1. The number of carbonyl (C=O) groups is 1. The van der Waals surface area contributed by atoms with E-state index in [0.717, 1.165) is 17.5 Å². The summed E-state index contributed by atoms with van der Waals surface area (Å²) in [6, 6.07) is 14.0. The number of fused-ring (bicyclic) bond motifs is 1. The lowest BCUT2D eigenvalue weighted by Gasteiger charge is -2.20. The van der Waals surface area contributed by atoms with Gasteiger partial charge in [-0.15, -0.1) is 0 Å². The van der Waals surface area contributed by atoms with Crippen LogP contribution in [0.4, 0.5) is 0 Å². The Bertz CT molecular complexity index is 862. The highest BCUT2D eigenvalue weighted by molar-refractivity contribution is 5.79. The van der Waals surface area contributed by atoms with Crippen molar-refractivity contribution in [3.63, 3.8) is 0 Å². The van der Waals surface area contributed by atoms with Crippen molar-refractivity contribution in [3.05, 3.63) is 60.4 Å². The van der Waals surface area contributed by atoms with Crippen molar-refractivity contribution in [2.24, 2.45) is 0 Å². The fourth-order valence-electron chi connectivity index (χ4n) is 3.21. The van der Waals surface area contributed by atoms with Crippen LogP contribution in [0.2, 0.25) is 0 Å². The predicted octanol–water partition coefficient (Wildman–Crippen LogP) is 2.42. The van der Waals surface area contributed by atoms with Crippen LogP contribution >= 0.6 is 0 Å². The standard InChI is InChI=1S/C19H20N4O2/c24-18(14-23-19-16(13-21-23)7-4-9-20-19)22-10-8-17(25-12-11-22)15-5-2-1-3-6-15/h1-7,9,13,17H,8,10-12,14H2. The molecule has 4 rings (SSSR count). The highest BCUT2D eigenvalue weighted by atomic mass is 16.5. The number of nitrogens with zero attached hydrogens (tertiary/aromatic N) is 4. The van der Waals surface area contributed by atoms with Crippen molar-refractivity contribution in [1.82, 2.24) is 19.7 Å². The smallest absolute Gasteiger partial charge is 0.244 e. The lowest BCUT2D eigenvalue weighted by molar-refractivity contribution is -0.132. The Morgan fingerprint density at radius 2 is 2.04 bits per heavy atom. The van der Waals surface area contributed by atoms with Gasteiger partial charge in [0.1, 0.15) is 6.54 Å². The Hall–Kier alpha value is -2.73. The van der Waals surface area contributed by atoms with Crippen molar-refractivity contribution in [2.45, 2.75) is 19.1 Å². The molecule has 0 aliphatic carbocycles. The van der Waals surface area contributed by atoms with E-state index in [9.17, 15) is 4.79 Å². The molecule has 3 heterocycles. The number of benzene rings is 1. The van der Waals surface area contributed by atoms with Gasteiger partial charge >= 0.3 is 0 Å². The molecule has 0 spiro atoms. The van der Waals surface area contributed by atoms with Gasteiger partial charge in [-0.3, -0.25) is 4.79 Å². The lowest BCUT2D eigenvalue weighted by Crippen LogP contribution is -2.36. The van der Waals surface area contributed by atoms with Crippen LogP contribution in [0, 0.1) is 0 Å². The second-order valence-corrected chi connectivity index (χ2v) is 6.16. The normalized spacial score (nSPS) is 18.2. The van der Waals surface area contributed by atoms with Crippen LogP contribution in [0.15, 0.2) is 54.9 Å². The molecule has 1 unspecified atom stereocenters. The highest BCUT2D eigenvalue weighted by Crippen LogP contribution is 2.23. The van der Waals surface area contributed by atoms with Crippen molar-refractivity contribution in [2.75, 3.05) is 19.7 Å². The summed E-state index contributed by atoms with van der Waals surface area (Å²) in [5, 5.41) is 5.23. The fraction of sp³-hybridized carbons (Fsp3) is 0.316. The summed E-state index contributed by atoms with van der Waals surface area (Å²) in [5.41, 5.74) is 1.91. The summed E-state index contributed by atoms with van der Waals surface area (Å²) >= 11 is 0. The molecule has 6 heteroatoms. The molecule has 6 nitrogen and oxygen atoms in total. The summed E-state index contributed by atoms with van der Waals surface area (Å²) in [7, 11) is 0. The minimum absolute atomic E-state index is 0.0474. The lowest BCUT2D eigenvalue weighted by atomic mass is 10.1. The van der Waals surface area contributed by atoms with E-state index in [1.54, 1.807) is 17.1 Å². The Morgan fingerprint density at radius 3 is 2.92 bits per heavy atom. The van der Waals surface area contributed by atoms with E-state index in [0.29, 0.717) is 19.7 Å². The molecule has 1 aromatic carbocycles. The van der Waals surface area contributed by atoms with Crippen molar-refractivity contribution in [1.29, 1.82) is 0 Å². The molecule has 2 aromatic heterocycles. The number of aromatic nitrogens is 3. The Kier molecular flexibility index (Phi) is 4.43. The Balaban J connectivity index is 1.43. The van der Waals surface area contributed by atoms with Crippen LogP contribution in [0.25, 0.3) is 11.0 Å². The van der Waals surface area contributed by atoms with Gasteiger partial charge < -0.3 is 9.64 Å². The van der Waals surface area contributed by atoms with Gasteiger partial charge in [-0.2, -0.15) is 5.10 Å². The molecule has 1 saturated heterocycles. The van der Waals surface area contributed by atoms with Crippen LogP contribution in [0.1, 0.15) is 18.1 Å². The number of rotatable bonds is 3. The van der Waals surface area contributed by atoms with E-state index in [1.165, 1.54) is 5.56 Å². The fourth-order valence-corrected chi connectivity index (χ4v) is 3.21. The monoisotopic (exact) mass is 336 g/mol. The summed E-state index contributed by atoms with van der Waals surface area (Å²) in [6.45, 7) is 2.04. The van der Waals surface area contributed by atoms with Gasteiger partial charge in [0, 0.05) is 24.7 Å². The molecule has 1 atom stereocenters. The summed E-state index contributed by atoms with van der Waals surface area (Å²) < 4.78 is 7.61. The summed E-state index contributed by atoms with van der Waals surface area (Å²) in [5.74, 6) is 0.0490. The molecule has 0 bridgehead atoms. The molecular formula is C19H20N4O2. The van der Waals surface area contributed by atoms with E-state index in [4.69, 9.17) is 4.74 Å². The van der Waals surface area contributed by atoms with Gasteiger partial charge in [0.15, 0.2) is 5.65 Å². The first-order valence-corrected chi connectivity index (χ1v) is 8.52. The van der Waals surface area contributed by atoms with Gasteiger partial charge in [-0.05, 0) is 24.1 Å². The molecule has 1 fully saturated rings. The summed E-state index contributed by atoms with van der Waals surface area (Å²) in [6.07, 6.45) is 4.31. The van der Waals surface area contributed by atoms with Crippen molar-refractivity contribution < 1.29 is 9.53 Å². The minimum Gasteiger partial charge on any atom is -0.372 e. The number of hydrogen-bond acceptors (Lipinski definition) is 4. The topological polar surface area (TPSA) is 60.2 Å². The SMILES string of the molecule is O=C(Cn1ncc2cccnc21)N1CCOC(c2ccccc2)CC1. The third-order valence-corrected chi connectivity index (χ3v) is 4.55. The maximum atomic E-state index is 12.7. The number of amides is 1. The van der Waals surface area contributed by atoms with Crippen LogP contribution in [-0.2, 0) is 16.1 Å². The van der Waals surface area contributed by atoms with E-state index in [2.05, 4.69) is 22.2 Å². The van der Waals surface area contributed by atoms with Gasteiger partial charge in [-0.25, -0.2) is 9.67 Å². The van der Waals surface area contributed by atoms with E-state index >= 15 is 0 Å². The second kappa shape index (κ2) is 7.03. The molecule has 1 aliphatic rings.